The first-order chi connectivity index (χ1) is 14.4. The first-order valence-corrected chi connectivity index (χ1v) is 11.7. The van der Waals surface area contributed by atoms with E-state index >= 15 is 0 Å². The maximum Gasteiger partial charge on any atom is 0.317 e. The topological polar surface area (TPSA) is 69.7 Å². The van der Waals surface area contributed by atoms with Crippen molar-refractivity contribution in [3.8, 4) is 0 Å². The van der Waals surface area contributed by atoms with Gasteiger partial charge >= 0.3 is 6.03 Å². The van der Waals surface area contributed by atoms with Gasteiger partial charge in [-0.15, -0.1) is 0 Å². The molecule has 1 aliphatic heterocycles. The molecular weight excluding hydrogens is 429 g/mol. The molecule has 1 heterocycles. The van der Waals surface area contributed by atoms with E-state index in [1.807, 2.05) is 24.3 Å². The lowest BCUT2D eigenvalue weighted by Gasteiger charge is -2.35. The molecule has 2 amide bonds. The lowest BCUT2D eigenvalue weighted by molar-refractivity contribution is 0.167. The third-order valence-corrected chi connectivity index (χ3v) is 7.77. The molecule has 1 saturated heterocycles. The van der Waals surface area contributed by atoms with Crippen LogP contribution in [0.3, 0.4) is 0 Å². The van der Waals surface area contributed by atoms with Crippen LogP contribution in [0.4, 0.5) is 9.18 Å². The van der Waals surface area contributed by atoms with Crippen LogP contribution in [-0.4, -0.2) is 49.8 Å². The number of hydrogen-bond acceptors (Lipinski definition) is 3. The van der Waals surface area contributed by atoms with Crippen molar-refractivity contribution in [1.29, 1.82) is 0 Å². The summed E-state index contributed by atoms with van der Waals surface area (Å²) in [6, 6.07) is 12.5. The summed E-state index contributed by atoms with van der Waals surface area (Å²) in [5.41, 5.74) is 1.01. The van der Waals surface area contributed by atoms with E-state index in [1.165, 1.54) is 22.5 Å². The molecule has 4 rings (SSSR count). The minimum absolute atomic E-state index is 0.0880. The SMILES string of the molecule is O=C(N[C@@H](c1ccc(Cl)cc1)C1CC1)N1CCN(S(=O)(=O)c2ccccc2F)CC1. The number of benzene rings is 2. The zero-order valence-corrected chi connectivity index (χ0v) is 17.9. The van der Waals surface area contributed by atoms with Crippen LogP contribution in [0, 0.1) is 11.7 Å². The lowest BCUT2D eigenvalue weighted by Crippen LogP contribution is -2.53. The summed E-state index contributed by atoms with van der Waals surface area (Å²) >= 11 is 5.97. The van der Waals surface area contributed by atoms with E-state index in [0.717, 1.165) is 24.5 Å². The second-order valence-corrected chi connectivity index (χ2v) is 9.98. The molecule has 1 aliphatic carbocycles. The molecule has 0 radical (unpaired) electrons. The Bertz CT molecular complexity index is 1020. The number of hydrogen-bond donors (Lipinski definition) is 1. The molecule has 2 aromatic rings. The molecule has 2 aromatic carbocycles. The van der Waals surface area contributed by atoms with Crippen LogP contribution >= 0.6 is 11.6 Å². The smallest absolute Gasteiger partial charge is 0.317 e. The van der Waals surface area contributed by atoms with Gasteiger partial charge in [0, 0.05) is 31.2 Å². The standard InChI is InChI=1S/C21H23ClFN3O3S/c22-17-9-7-16(8-10-17)20(15-5-6-15)24-21(27)25-11-13-26(14-12-25)30(28,29)19-4-2-1-3-18(19)23/h1-4,7-10,15,20H,5-6,11-14H2,(H,24,27)/t20-/m1/s1. The Kier molecular flexibility index (Phi) is 5.99. The van der Waals surface area contributed by atoms with Crippen LogP contribution in [0.5, 0.6) is 0 Å². The summed E-state index contributed by atoms with van der Waals surface area (Å²) in [6.45, 7) is 0.743. The Morgan fingerprint density at radius 2 is 1.67 bits per heavy atom. The highest BCUT2D eigenvalue weighted by Gasteiger charge is 2.36. The molecular formula is C21H23ClFN3O3S. The lowest BCUT2D eigenvalue weighted by atomic mass is 10.0. The van der Waals surface area contributed by atoms with Crippen molar-refractivity contribution in [3.05, 3.63) is 64.9 Å². The molecule has 1 N–H and O–H groups in total. The number of carbonyl (C=O) groups is 1. The predicted molar refractivity (Wildman–Crippen MR) is 112 cm³/mol. The first-order valence-electron chi connectivity index (χ1n) is 9.92. The van der Waals surface area contributed by atoms with Crippen LogP contribution in [0.25, 0.3) is 0 Å². The summed E-state index contributed by atoms with van der Waals surface area (Å²) in [5.74, 6) is -0.370. The second-order valence-electron chi connectivity index (χ2n) is 7.64. The van der Waals surface area contributed by atoms with Crippen LogP contribution in [-0.2, 0) is 10.0 Å². The minimum Gasteiger partial charge on any atom is -0.331 e. The van der Waals surface area contributed by atoms with E-state index in [0.29, 0.717) is 10.9 Å². The molecule has 0 spiro atoms. The van der Waals surface area contributed by atoms with Gasteiger partial charge in [0.2, 0.25) is 10.0 Å². The molecule has 1 atom stereocenters. The first kappa shape index (κ1) is 21.1. The van der Waals surface area contributed by atoms with Gasteiger partial charge < -0.3 is 10.2 Å². The summed E-state index contributed by atoms with van der Waals surface area (Å²) in [5, 5.41) is 3.74. The predicted octanol–water partition coefficient (Wildman–Crippen LogP) is 3.65. The Labute approximate surface area is 180 Å². The van der Waals surface area contributed by atoms with E-state index in [4.69, 9.17) is 11.6 Å². The molecule has 6 nitrogen and oxygen atoms in total. The normalized spacial score (nSPS) is 18.8. The van der Waals surface area contributed by atoms with Crippen molar-refractivity contribution >= 4 is 27.7 Å². The van der Waals surface area contributed by atoms with E-state index in [2.05, 4.69) is 5.32 Å². The molecule has 2 fully saturated rings. The van der Waals surface area contributed by atoms with Gasteiger partial charge in [-0.25, -0.2) is 17.6 Å². The molecule has 160 valence electrons. The number of carbonyl (C=O) groups excluding carboxylic acids is 1. The number of nitrogens with one attached hydrogen (secondary N) is 1. The molecule has 2 aliphatic rings. The maximum absolute atomic E-state index is 14.0. The van der Waals surface area contributed by atoms with Crippen LogP contribution < -0.4 is 5.32 Å². The molecule has 0 bridgehead atoms. The molecule has 1 saturated carbocycles. The quantitative estimate of drug-likeness (QED) is 0.754. The maximum atomic E-state index is 14.0. The summed E-state index contributed by atoms with van der Waals surface area (Å²) in [6.07, 6.45) is 2.12. The average Bonchev–Trinajstić information content (AvgIpc) is 3.58. The zero-order chi connectivity index (χ0) is 21.3. The fourth-order valence-electron chi connectivity index (χ4n) is 3.72. The third-order valence-electron chi connectivity index (χ3n) is 5.58. The highest BCUT2D eigenvalue weighted by atomic mass is 35.5. The molecule has 0 aromatic heterocycles. The van der Waals surface area contributed by atoms with Gasteiger partial charge in [-0.05, 0) is 48.6 Å². The van der Waals surface area contributed by atoms with Crippen molar-refractivity contribution in [1.82, 2.24) is 14.5 Å². The van der Waals surface area contributed by atoms with Crippen LogP contribution in [0.2, 0.25) is 5.02 Å². The number of rotatable bonds is 5. The van der Waals surface area contributed by atoms with Gasteiger partial charge in [0.15, 0.2) is 0 Å². The van der Waals surface area contributed by atoms with Crippen molar-refractivity contribution in [3.63, 3.8) is 0 Å². The summed E-state index contributed by atoms with van der Waals surface area (Å²) in [4.78, 5) is 14.1. The highest BCUT2D eigenvalue weighted by Crippen LogP contribution is 2.41. The number of piperazine rings is 1. The monoisotopic (exact) mass is 451 g/mol. The Hall–Kier alpha value is -2.16. The number of sulfonamides is 1. The van der Waals surface area contributed by atoms with Gasteiger partial charge in [-0.1, -0.05) is 35.9 Å². The van der Waals surface area contributed by atoms with E-state index in [-0.39, 0.29) is 43.1 Å². The third kappa shape index (κ3) is 4.45. The Balaban J connectivity index is 1.39. The van der Waals surface area contributed by atoms with Crippen LogP contribution in [0.1, 0.15) is 24.4 Å². The Morgan fingerprint density at radius 3 is 2.27 bits per heavy atom. The Morgan fingerprint density at radius 1 is 1.03 bits per heavy atom. The van der Waals surface area contributed by atoms with E-state index in [9.17, 15) is 17.6 Å². The summed E-state index contributed by atoms with van der Waals surface area (Å²) < 4.78 is 40.7. The van der Waals surface area contributed by atoms with Crippen molar-refractivity contribution in [2.24, 2.45) is 5.92 Å². The van der Waals surface area contributed by atoms with Gasteiger partial charge in [0.25, 0.3) is 0 Å². The van der Waals surface area contributed by atoms with Gasteiger partial charge in [-0.3, -0.25) is 0 Å². The molecule has 9 heteroatoms. The van der Waals surface area contributed by atoms with E-state index < -0.39 is 15.8 Å². The number of urea groups is 1. The fourth-order valence-corrected chi connectivity index (χ4v) is 5.34. The van der Waals surface area contributed by atoms with Crippen molar-refractivity contribution in [2.75, 3.05) is 26.2 Å². The number of amides is 2. The van der Waals surface area contributed by atoms with Crippen molar-refractivity contribution < 1.29 is 17.6 Å². The largest absolute Gasteiger partial charge is 0.331 e. The molecule has 30 heavy (non-hydrogen) atoms. The minimum atomic E-state index is -3.93. The van der Waals surface area contributed by atoms with Crippen molar-refractivity contribution in [2.45, 2.75) is 23.8 Å². The molecule has 0 unspecified atom stereocenters. The fraction of sp³-hybridized carbons (Fsp3) is 0.381. The zero-order valence-electron chi connectivity index (χ0n) is 16.3. The second kappa shape index (κ2) is 8.53. The van der Waals surface area contributed by atoms with E-state index in [1.54, 1.807) is 4.90 Å². The van der Waals surface area contributed by atoms with Gasteiger partial charge in [0.05, 0.1) is 6.04 Å². The highest BCUT2D eigenvalue weighted by molar-refractivity contribution is 7.89. The summed E-state index contributed by atoms with van der Waals surface area (Å²) in [7, 11) is -3.93. The van der Waals surface area contributed by atoms with Gasteiger partial charge in [-0.2, -0.15) is 4.31 Å². The van der Waals surface area contributed by atoms with Gasteiger partial charge in [0.1, 0.15) is 10.7 Å². The number of halogens is 2. The average molecular weight is 452 g/mol. The number of nitrogens with zero attached hydrogens (tertiary/aromatic N) is 2. The van der Waals surface area contributed by atoms with Crippen LogP contribution in [0.15, 0.2) is 53.4 Å².